The van der Waals surface area contributed by atoms with E-state index in [0.717, 1.165) is 11.1 Å². The second-order valence-corrected chi connectivity index (χ2v) is 6.67. The van der Waals surface area contributed by atoms with Crippen molar-refractivity contribution in [1.29, 1.82) is 0 Å². The molecule has 3 rings (SSSR count). The summed E-state index contributed by atoms with van der Waals surface area (Å²) in [5, 5.41) is 18.3. The van der Waals surface area contributed by atoms with Crippen molar-refractivity contribution in [2.45, 2.75) is 26.0 Å². The normalized spacial score (nSPS) is 12.0. The summed E-state index contributed by atoms with van der Waals surface area (Å²) < 4.78 is 1.67. The third-order valence-electron chi connectivity index (χ3n) is 4.62. The Morgan fingerprint density at radius 3 is 2.59 bits per heavy atom. The summed E-state index contributed by atoms with van der Waals surface area (Å²) in [7, 11) is 1.71. The zero-order valence-electron chi connectivity index (χ0n) is 15.6. The van der Waals surface area contributed by atoms with E-state index in [4.69, 9.17) is 0 Å². The number of aliphatic hydroxyl groups is 1. The van der Waals surface area contributed by atoms with E-state index < -0.39 is 6.10 Å². The van der Waals surface area contributed by atoms with Gasteiger partial charge in [-0.2, -0.15) is 0 Å². The fourth-order valence-corrected chi connectivity index (χ4v) is 2.89. The number of carbonyl (C=O) groups excluding carboxylic acids is 1. The summed E-state index contributed by atoms with van der Waals surface area (Å²) in [6.07, 6.45) is 1.53. The zero-order chi connectivity index (χ0) is 19.2. The van der Waals surface area contributed by atoms with Crippen molar-refractivity contribution < 1.29 is 9.90 Å². The van der Waals surface area contributed by atoms with Gasteiger partial charge in [0.15, 0.2) is 5.69 Å². The highest BCUT2D eigenvalue weighted by Crippen LogP contribution is 2.16. The molecule has 1 atom stereocenters. The van der Waals surface area contributed by atoms with Crippen LogP contribution in [0.1, 0.15) is 39.7 Å². The van der Waals surface area contributed by atoms with Crippen LogP contribution in [0.25, 0.3) is 0 Å². The largest absolute Gasteiger partial charge is 0.388 e. The first-order valence-corrected chi connectivity index (χ1v) is 8.97. The highest BCUT2D eigenvalue weighted by molar-refractivity contribution is 5.91. The van der Waals surface area contributed by atoms with E-state index in [1.807, 2.05) is 61.5 Å². The Morgan fingerprint density at radius 2 is 1.85 bits per heavy atom. The number of benzene rings is 2. The van der Waals surface area contributed by atoms with Crippen LogP contribution in [-0.2, 0) is 6.54 Å². The number of carbonyl (C=O) groups is 1. The van der Waals surface area contributed by atoms with Crippen LogP contribution in [0.5, 0.6) is 0 Å². The van der Waals surface area contributed by atoms with Crippen molar-refractivity contribution in [3.05, 3.63) is 83.2 Å². The Morgan fingerprint density at radius 1 is 1.15 bits per heavy atom. The molecule has 1 aromatic heterocycles. The van der Waals surface area contributed by atoms with Gasteiger partial charge in [-0.15, -0.1) is 5.10 Å². The van der Waals surface area contributed by atoms with E-state index >= 15 is 0 Å². The maximum Gasteiger partial charge on any atom is 0.275 e. The third kappa shape index (κ3) is 4.80. The fraction of sp³-hybridized carbons (Fsp3) is 0.286. The predicted octanol–water partition coefficient (Wildman–Crippen LogP) is 2.83. The molecule has 6 nitrogen and oxygen atoms in total. The lowest BCUT2D eigenvalue weighted by Gasteiger charge is -2.18. The van der Waals surface area contributed by atoms with Crippen LogP contribution in [0.15, 0.2) is 60.8 Å². The summed E-state index contributed by atoms with van der Waals surface area (Å²) in [5.41, 5.74) is 3.47. The summed E-state index contributed by atoms with van der Waals surface area (Å²) in [4.78, 5) is 14.1. The van der Waals surface area contributed by atoms with Crippen molar-refractivity contribution >= 4 is 5.91 Å². The Kier molecular flexibility index (Phi) is 5.98. The van der Waals surface area contributed by atoms with Crippen LogP contribution in [0, 0.1) is 6.92 Å². The average molecular weight is 364 g/mol. The Balaban J connectivity index is 1.57. The topological polar surface area (TPSA) is 71.2 Å². The number of hydrogen-bond donors (Lipinski definition) is 1. The van der Waals surface area contributed by atoms with Gasteiger partial charge in [0.1, 0.15) is 0 Å². The van der Waals surface area contributed by atoms with Gasteiger partial charge in [-0.3, -0.25) is 4.79 Å². The molecule has 1 heterocycles. The summed E-state index contributed by atoms with van der Waals surface area (Å²) >= 11 is 0. The van der Waals surface area contributed by atoms with Gasteiger partial charge in [-0.25, -0.2) is 4.68 Å². The summed E-state index contributed by atoms with van der Waals surface area (Å²) in [6.45, 7) is 3.05. The fourth-order valence-electron chi connectivity index (χ4n) is 2.89. The highest BCUT2D eigenvalue weighted by Gasteiger charge is 2.17. The van der Waals surface area contributed by atoms with Crippen LogP contribution < -0.4 is 0 Å². The molecule has 0 fully saturated rings. The molecular formula is C21H24N4O2. The quantitative estimate of drug-likeness (QED) is 0.700. The van der Waals surface area contributed by atoms with Crippen molar-refractivity contribution in [2.24, 2.45) is 0 Å². The number of aliphatic hydroxyl groups excluding tert-OH is 1. The second kappa shape index (κ2) is 8.60. The van der Waals surface area contributed by atoms with Crippen LogP contribution in [0.4, 0.5) is 0 Å². The SMILES string of the molecule is Cc1ccccc1Cn1cc(C(=O)N(C)CC[C@@H](O)c2ccccc2)nn1. The van der Waals surface area contributed by atoms with Gasteiger partial charge in [0.2, 0.25) is 0 Å². The van der Waals surface area contributed by atoms with Crippen molar-refractivity contribution in [1.82, 2.24) is 19.9 Å². The van der Waals surface area contributed by atoms with Crippen LogP contribution in [-0.4, -0.2) is 44.5 Å². The Labute approximate surface area is 159 Å². The molecule has 0 aliphatic heterocycles. The minimum absolute atomic E-state index is 0.203. The lowest BCUT2D eigenvalue weighted by molar-refractivity contribution is 0.0755. The second-order valence-electron chi connectivity index (χ2n) is 6.67. The molecule has 0 spiro atoms. The van der Waals surface area contributed by atoms with Crippen LogP contribution in [0.3, 0.4) is 0 Å². The maximum atomic E-state index is 12.6. The summed E-state index contributed by atoms with van der Waals surface area (Å²) in [5.74, 6) is -0.203. The maximum absolute atomic E-state index is 12.6. The Bertz CT molecular complexity index is 892. The number of aryl methyl sites for hydroxylation is 1. The van der Waals surface area contributed by atoms with Gasteiger partial charge in [-0.1, -0.05) is 59.8 Å². The number of rotatable bonds is 7. The zero-order valence-corrected chi connectivity index (χ0v) is 15.6. The predicted molar refractivity (Wildman–Crippen MR) is 103 cm³/mol. The first-order chi connectivity index (χ1) is 13.0. The monoisotopic (exact) mass is 364 g/mol. The Hall–Kier alpha value is -2.99. The number of hydrogen-bond acceptors (Lipinski definition) is 4. The molecule has 27 heavy (non-hydrogen) atoms. The molecule has 0 bridgehead atoms. The first-order valence-electron chi connectivity index (χ1n) is 8.97. The molecule has 2 aromatic carbocycles. The van der Waals surface area contributed by atoms with E-state index in [-0.39, 0.29) is 5.91 Å². The average Bonchev–Trinajstić information content (AvgIpc) is 3.16. The van der Waals surface area contributed by atoms with Gasteiger partial charge in [0, 0.05) is 13.6 Å². The molecule has 0 unspecified atom stereocenters. The van der Waals surface area contributed by atoms with E-state index in [0.29, 0.717) is 25.2 Å². The van der Waals surface area contributed by atoms with Gasteiger partial charge < -0.3 is 10.0 Å². The molecule has 0 aliphatic carbocycles. The van der Waals surface area contributed by atoms with Crippen molar-refractivity contribution in [3.63, 3.8) is 0 Å². The summed E-state index contributed by atoms with van der Waals surface area (Å²) in [6, 6.07) is 17.5. The lowest BCUT2D eigenvalue weighted by atomic mass is 10.1. The van der Waals surface area contributed by atoms with Crippen molar-refractivity contribution in [2.75, 3.05) is 13.6 Å². The lowest BCUT2D eigenvalue weighted by Crippen LogP contribution is -2.29. The van der Waals surface area contributed by atoms with Gasteiger partial charge >= 0.3 is 0 Å². The number of aromatic nitrogens is 3. The van der Waals surface area contributed by atoms with Crippen LogP contribution in [0.2, 0.25) is 0 Å². The van der Waals surface area contributed by atoms with Gasteiger partial charge in [0.05, 0.1) is 18.8 Å². The molecule has 0 aliphatic rings. The molecule has 3 aromatic rings. The molecular weight excluding hydrogens is 340 g/mol. The minimum atomic E-state index is -0.599. The van der Waals surface area contributed by atoms with Crippen molar-refractivity contribution in [3.8, 4) is 0 Å². The van der Waals surface area contributed by atoms with E-state index in [1.165, 1.54) is 5.56 Å². The number of nitrogens with zero attached hydrogens (tertiary/aromatic N) is 4. The van der Waals surface area contributed by atoms with Crippen LogP contribution >= 0.6 is 0 Å². The molecule has 1 N–H and O–H groups in total. The van der Waals surface area contributed by atoms with Gasteiger partial charge in [0.25, 0.3) is 5.91 Å². The molecule has 1 amide bonds. The molecule has 6 heteroatoms. The third-order valence-corrected chi connectivity index (χ3v) is 4.62. The van der Waals surface area contributed by atoms with E-state index in [2.05, 4.69) is 10.3 Å². The van der Waals surface area contributed by atoms with E-state index in [9.17, 15) is 9.90 Å². The standard InChI is InChI=1S/C21H24N4O2/c1-16-8-6-7-11-18(16)14-25-15-19(22-23-25)21(27)24(2)13-12-20(26)17-9-4-3-5-10-17/h3-11,15,20,26H,12-14H2,1-2H3/t20-/m1/s1. The molecule has 0 saturated carbocycles. The highest BCUT2D eigenvalue weighted by atomic mass is 16.3. The smallest absolute Gasteiger partial charge is 0.275 e. The molecule has 0 saturated heterocycles. The minimum Gasteiger partial charge on any atom is -0.388 e. The number of amides is 1. The molecule has 140 valence electrons. The first kappa shape index (κ1) is 18.8. The molecule has 0 radical (unpaired) electrons. The van der Waals surface area contributed by atoms with Gasteiger partial charge in [-0.05, 0) is 30.0 Å². The van der Waals surface area contributed by atoms with E-state index in [1.54, 1.807) is 22.8 Å².